The number of hydrogen-bond donors (Lipinski definition) is 2. The third kappa shape index (κ3) is 5.65. The van der Waals surface area contributed by atoms with E-state index in [1.807, 2.05) is 0 Å². The molecule has 1 aromatic heterocycles. The average Bonchev–Trinajstić information content (AvgIpc) is 2.63. The van der Waals surface area contributed by atoms with Crippen molar-refractivity contribution in [2.75, 3.05) is 13.1 Å². The number of nitrogens with zero attached hydrogens (tertiary/aromatic N) is 1. The van der Waals surface area contributed by atoms with Gasteiger partial charge >= 0.3 is 0 Å². The van der Waals surface area contributed by atoms with Crippen LogP contribution in [0, 0.1) is 0 Å². The molecule has 0 spiro atoms. The van der Waals surface area contributed by atoms with Crippen LogP contribution < -0.4 is 11.1 Å². The van der Waals surface area contributed by atoms with Crippen molar-refractivity contribution in [3.63, 3.8) is 0 Å². The van der Waals surface area contributed by atoms with E-state index in [1.165, 1.54) is 11.3 Å². The van der Waals surface area contributed by atoms with E-state index in [1.54, 1.807) is 6.20 Å². The lowest BCUT2D eigenvalue weighted by Crippen LogP contribution is -2.28. The molecule has 1 amide bonds. The predicted octanol–water partition coefficient (Wildman–Crippen LogP) is 1.63. The standard InChI is InChI=1S/C9H15N3OS.2ClH/c1-2-3-8-12-6-7(14-8)9(13)11-5-4-10;;/h6H,2-5,10H2,1H3,(H,11,13);2*1H. The number of aromatic nitrogens is 1. The molecule has 0 radical (unpaired) electrons. The Morgan fingerprint density at radius 2 is 2.25 bits per heavy atom. The van der Waals surface area contributed by atoms with E-state index in [2.05, 4.69) is 17.2 Å². The molecule has 94 valence electrons. The summed E-state index contributed by atoms with van der Waals surface area (Å²) in [7, 11) is 0. The Hall–Kier alpha value is -0.360. The SMILES string of the molecule is CCCc1ncc(C(=O)NCCN)s1.Cl.Cl. The van der Waals surface area contributed by atoms with Gasteiger partial charge in [-0.1, -0.05) is 6.92 Å². The van der Waals surface area contributed by atoms with Crippen LogP contribution in [0.2, 0.25) is 0 Å². The van der Waals surface area contributed by atoms with Gasteiger partial charge in [0.25, 0.3) is 5.91 Å². The topological polar surface area (TPSA) is 68.0 Å². The molecule has 4 nitrogen and oxygen atoms in total. The molecule has 0 fully saturated rings. The van der Waals surface area contributed by atoms with E-state index in [4.69, 9.17) is 5.73 Å². The Bertz CT molecular complexity index is 307. The number of halogens is 2. The van der Waals surface area contributed by atoms with Crippen LogP contribution in [0.1, 0.15) is 28.0 Å². The third-order valence-corrected chi connectivity index (χ3v) is 2.73. The summed E-state index contributed by atoms with van der Waals surface area (Å²) < 4.78 is 0. The smallest absolute Gasteiger partial charge is 0.263 e. The molecule has 0 saturated heterocycles. The normalized spacial score (nSPS) is 8.88. The molecule has 1 heterocycles. The van der Waals surface area contributed by atoms with Crippen molar-refractivity contribution in [1.29, 1.82) is 0 Å². The van der Waals surface area contributed by atoms with Gasteiger partial charge < -0.3 is 11.1 Å². The zero-order valence-corrected chi connectivity index (χ0v) is 11.5. The first-order valence-electron chi connectivity index (χ1n) is 4.71. The van der Waals surface area contributed by atoms with Crippen LogP contribution in [0.3, 0.4) is 0 Å². The average molecular weight is 286 g/mol. The number of amides is 1. The predicted molar refractivity (Wildman–Crippen MR) is 72.0 cm³/mol. The van der Waals surface area contributed by atoms with Crippen molar-refractivity contribution in [1.82, 2.24) is 10.3 Å². The molecule has 7 heteroatoms. The summed E-state index contributed by atoms with van der Waals surface area (Å²) in [6.07, 6.45) is 3.62. The highest BCUT2D eigenvalue weighted by Gasteiger charge is 2.08. The first-order chi connectivity index (χ1) is 6.77. The second-order valence-electron chi connectivity index (χ2n) is 2.91. The number of aryl methyl sites for hydroxylation is 1. The molecule has 0 aliphatic heterocycles. The van der Waals surface area contributed by atoms with Crippen molar-refractivity contribution < 1.29 is 4.79 Å². The summed E-state index contributed by atoms with van der Waals surface area (Å²) in [5, 5.41) is 3.73. The number of nitrogens with one attached hydrogen (secondary N) is 1. The van der Waals surface area contributed by atoms with Gasteiger partial charge in [0.15, 0.2) is 0 Å². The second-order valence-corrected chi connectivity index (χ2v) is 4.03. The van der Waals surface area contributed by atoms with Crippen LogP contribution >= 0.6 is 36.2 Å². The van der Waals surface area contributed by atoms with Gasteiger partial charge in [0, 0.05) is 13.1 Å². The fourth-order valence-corrected chi connectivity index (χ4v) is 1.95. The van der Waals surface area contributed by atoms with Crippen LogP contribution in [0.25, 0.3) is 0 Å². The first kappa shape index (κ1) is 18.0. The monoisotopic (exact) mass is 285 g/mol. The van der Waals surface area contributed by atoms with Crippen LogP contribution in [0.4, 0.5) is 0 Å². The zero-order valence-electron chi connectivity index (χ0n) is 9.06. The maximum atomic E-state index is 11.4. The lowest BCUT2D eigenvalue weighted by Gasteiger charge is -1.98. The molecular weight excluding hydrogens is 269 g/mol. The molecule has 0 aromatic carbocycles. The Kier molecular flexibility index (Phi) is 11.1. The molecule has 0 aliphatic rings. The van der Waals surface area contributed by atoms with Crippen molar-refractivity contribution >= 4 is 42.1 Å². The van der Waals surface area contributed by atoms with Crippen LogP contribution in [0.15, 0.2) is 6.20 Å². The number of nitrogens with two attached hydrogens (primary N) is 1. The van der Waals surface area contributed by atoms with Crippen LogP contribution in [0.5, 0.6) is 0 Å². The molecule has 0 saturated carbocycles. The van der Waals surface area contributed by atoms with E-state index >= 15 is 0 Å². The van der Waals surface area contributed by atoms with Gasteiger partial charge in [0.05, 0.1) is 11.2 Å². The molecule has 0 unspecified atom stereocenters. The highest BCUT2D eigenvalue weighted by molar-refractivity contribution is 7.13. The lowest BCUT2D eigenvalue weighted by atomic mass is 10.4. The highest BCUT2D eigenvalue weighted by Crippen LogP contribution is 2.13. The Morgan fingerprint density at radius 1 is 1.56 bits per heavy atom. The van der Waals surface area contributed by atoms with Crippen LogP contribution in [-0.2, 0) is 6.42 Å². The summed E-state index contributed by atoms with van der Waals surface area (Å²) in [6, 6.07) is 0. The van der Waals surface area contributed by atoms with Gasteiger partial charge in [-0.3, -0.25) is 4.79 Å². The Balaban J connectivity index is 0. The fraction of sp³-hybridized carbons (Fsp3) is 0.556. The molecule has 0 atom stereocenters. The zero-order chi connectivity index (χ0) is 10.4. The summed E-state index contributed by atoms with van der Waals surface area (Å²) in [4.78, 5) is 16.3. The Labute approximate surface area is 112 Å². The van der Waals surface area contributed by atoms with E-state index in [0.717, 1.165) is 17.8 Å². The minimum absolute atomic E-state index is 0. The molecule has 3 N–H and O–H groups in total. The Morgan fingerprint density at radius 3 is 2.81 bits per heavy atom. The largest absolute Gasteiger partial charge is 0.350 e. The van der Waals surface area contributed by atoms with Gasteiger partial charge in [-0.25, -0.2) is 4.98 Å². The summed E-state index contributed by atoms with van der Waals surface area (Å²) in [6.45, 7) is 3.07. The van der Waals surface area contributed by atoms with Crippen molar-refractivity contribution in [3.05, 3.63) is 16.1 Å². The minimum atomic E-state index is -0.0738. The van der Waals surface area contributed by atoms with Gasteiger partial charge in [0.2, 0.25) is 0 Å². The van der Waals surface area contributed by atoms with Crippen molar-refractivity contribution in [3.8, 4) is 0 Å². The minimum Gasteiger partial charge on any atom is -0.350 e. The lowest BCUT2D eigenvalue weighted by molar-refractivity contribution is 0.0958. The number of rotatable bonds is 5. The van der Waals surface area contributed by atoms with Crippen molar-refractivity contribution in [2.45, 2.75) is 19.8 Å². The molecular formula is C9H17Cl2N3OS. The van der Waals surface area contributed by atoms with E-state index in [9.17, 15) is 4.79 Å². The van der Waals surface area contributed by atoms with Gasteiger partial charge in [-0.15, -0.1) is 36.2 Å². The molecule has 1 aromatic rings. The first-order valence-corrected chi connectivity index (χ1v) is 5.52. The molecule has 16 heavy (non-hydrogen) atoms. The van der Waals surface area contributed by atoms with Gasteiger partial charge in [-0.2, -0.15) is 0 Å². The van der Waals surface area contributed by atoms with E-state index in [-0.39, 0.29) is 30.7 Å². The molecule has 1 rings (SSSR count). The number of carbonyl (C=O) groups is 1. The molecule has 0 bridgehead atoms. The summed E-state index contributed by atoms with van der Waals surface area (Å²) in [5.41, 5.74) is 5.28. The van der Waals surface area contributed by atoms with Crippen molar-refractivity contribution in [2.24, 2.45) is 5.73 Å². The fourth-order valence-electron chi connectivity index (χ4n) is 1.02. The number of carbonyl (C=O) groups excluding carboxylic acids is 1. The van der Waals surface area contributed by atoms with E-state index < -0.39 is 0 Å². The van der Waals surface area contributed by atoms with Crippen LogP contribution in [-0.4, -0.2) is 24.0 Å². The number of hydrogen-bond acceptors (Lipinski definition) is 4. The summed E-state index contributed by atoms with van der Waals surface area (Å²) in [5.74, 6) is -0.0738. The van der Waals surface area contributed by atoms with Gasteiger partial charge in [0.1, 0.15) is 4.88 Å². The molecule has 0 aliphatic carbocycles. The maximum absolute atomic E-state index is 11.4. The summed E-state index contributed by atoms with van der Waals surface area (Å²) >= 11 is 1.45. The highest BCUT2D eigenvalue weighted by atomic mass is 35.5. The second kappa shape index (κ2) is 9.84. The van der Waals surface area contributed by atoms with Gasteiger partial charge in [-0.05, 0) is 12.8 Å². The quantitative estimate of drug-likeness (QED) is 0.864. The number of thiazole rings is 1. The third-order valence-electron chi connectivity index (χ3n) is 1.67. The maximum Gasteiger partial charge on any atom is 0.263 e. The van der Waals surface area contributed by atoms with E-state index in [0.29, 0.717) is 18.0 Å².